The molecule has 1 aliphatic carbocycles. The zero-order valence-corrected chi connectivity index (χ0v) is 15.8. The van der Waals surface area contributed by atoms with Gasteiger partial charge in [0, 0.05) is 13.1 Å². The molecule has 1 atom stereocenters. The normalized spacial score (nSPS) is 23.8. The molecule has 0 radical (unpaired) electrons. The highest BCUT2D eigenvalue weighted by molar-refractivity contribution is 5.46. The molecule has 2 aromatic carbocycles. The van der Waals surface area contributed by atoms with E-state index in [4.69, 9.17) is 10.5 Å². The summed E-state index contributed by atoms with van der Waals surface area (Å²) in [4.78, 5) is 2.50. The maximum atomic E-state index is 7.16. The number of hydrogen-bond donors (Lipinski definition) is 1. The van der Waals surface area contributed by atoms with Gasteiger partial charge >= 0.3 is 0 Å². The lowest BCUT2D eigenvalue weighted by Crippen LogP contribution is -2.51. The van der Waals surface area contributed by atoms with Crippen LogP contribution in [0.1, 0.15) is 55.7 Å². The summed E-state index contributed by atoms with van der Waals surface area (Å²) in [6.45, 7) is 4.72. The Bertz CT molecular complexity index is 736. The highest BCUT2D eigenvalue weighted by atomic mass is 16.5. The molecule has 138 valence electrons. The molecule has 4 rings (SSSR count). The van der Waals surface area contributed by atoms with Gasteiger partial charge in [0.25, 0.3) is 0 Å². The summed E-state index contributed by atoms with van der Waals surface area (Å²) in [7, 11) is 0. The molecular formula is C23H30N2O. The molecule has 1 unspecified atom stereocenters. The van der Waals surface area contributed by atoms with Crippen LogP contribution in [-0.2, 0) is 12.2 Å². The number of fused-ring (bicyclic) bond motifs is 1. The quantitative estimate of drug-likeness (QED) is 0.854. The summed E-state index contributed by atoms with van der Waals surface area (Å²) in [5.74, 6) is 1.67. The van der Waals surface area contributed by atoms with Crippen LogP contribution >= 0.6 is 0 Å². The molecule has 2 N–H and O–H groups in total. The molecule has 3 nitrogen and oxygen atoms in total. The second-order valence-corrected chi connectivity index (χ2v) is 7.77. The summed E-state index contributed by atoms with van der Waals surface area (Å²) >= 11 is 0. The van der Waals surface area contributed by atoms with Crippen molar-refractivity contribution < 1.29 is 4.74 Å². The zero-order valence-electron chi connectivity index (χ0n) is 15.8. The third kappa shape index (κ3) is 3.15. The number of benzene rings is 2. The van der Waals surface area contributed by atoms with Crippen molar-refractivity contribution in [3.63, 3.8) is 0 Å². The van der Waals surface area contributed by atoms with Crippen molar-refractivity contribution in [3.05, 3.63) is 65.2 Å². The van der Waals surface area contributed by atoms with Gasteiger partial charge < -0.3 is 10.5 Å². The smallest absolute Gasteiger partial charge is 0.122 e. The first-order valence-corrected chi connectivity index (χ1v) is 10.1. The van der Waals surface area contributed by atoms with Gasteiger partial charge in [-0.15, -0.1) is 0 Å². The van der Waals surface area contributed by atoms with Gasteiger partial charge in [0.15, 0.2) is 0 Å². The molecule has 2 aromatic rings. The van der Waals surface area contributed by atoms with Gasteiger partial charge in [-0.25, -0.2) is 0 Å². The summed E-state index contributed by atoms with van der Waals surface area (Å²) in [5.41, 5.74) is 10.4. The lowest BCUT2D eigenvalue weighted by molar-refractivity contribution is 0.107. The first-order valence-electron chi connectivity index (χ1n) is 10.1. The highest BCUT2D eigenvalue weighted by Gasteiger charge is 2.43. The van der Waals surface area contributed by atoms with Gasteiger partial charge in [0.05, 0.1) is 6.61 Å². The Hall–Kier alpha value is -1.84. The maximum absolute atomic E-state index is 7.16. The van der Waals surface area contributed by atoms with E-state index in [-0.39, 0.29) is 0 Å². The predicted octanol–water partition coefficient (Wildman–Crippen LogP) is 4.64. The minimum atomic E-state index is -0.543. The topological polar surface area (TPSA) is 38.5 Å². The number of nitrogens with zero attached hydrogens (tertiary/aromatic N) is 1. The molecule has 0 amide bonds. The highest BCUT2D eigenvalue weighted by Crippen LogP contribution is 2.42. The Labute approximate surface area is 157 Å². The average Bonchev–Trinajstić information content (AvgIpc) is 2.97. The zero-order chi connectivity index (χ0) is 18.0. The van der Waals surface area contributed by atoms with E-state index in [1.807, 2.05) is 19.1 Å². The van der Waals surface area contributed by atoms with Crippen LogP contribution in [0.3, 0.4) is 0 Å². The van der Waals surface area contributed by atoms with Crippen molar-refractivity contribution in [2.45, 2.75) is 51.2 Å². The van der Waals surface area contributed by atoms with E-state index in [0.29, 0.717) is 6.61 Å². The van der Waals surface area contributed by atoms with Crippen molar-refractivity contribution in [2.75, 3.05) is 13.2 Å². The molecule has 26 heavy (non-hydrogen) atoms. The van der Waals surface area contributed by atoms with E-state index in [1.54, 1.807) is 0 Å². The van der Waals surface area contributed by atoms with Gasteiger partial charge in [-0.2, -0.15) is 0 Å². The van der Waals surface area contributed by atoms with Crippen molar-refractivity contribution in [2.24, 2.45) is 11.7 Å². The largest absolute Gasteiger partial charge is 0.494 e. The molecule has 1 fully saturated rings. The Morgan fingerprint density at radius 2 is 1.77 bits per heavy atom. The molecule has 0 saturated heterocycles. The predicted molar refractivity (Wildman–Crippen MR) is 106 cm³/mol. The summed E-state index contributed by atoms with van der Waals surface area (Å²) in [6.07, 6.45) is 6.81. The summed E-state index contributed by atoms with van der Waals surface area (Å²) in [6, 6.07) is 17.0. The SMILES string of the molecule is CCOc1ccc(C2(N)c3ccccc3CN2CC2CCCCC2)cc1. The lowest BCUT2D eigenvalue weighted by Gasteiger charge is -2.39. The summed E-state index contributed by atoms with van der Waals surface area (Å²) < 4.78 is 5.62. The minimum absolute atomic E-state index is 0.543. The van der Waals surface area contributed by atoms with Crippen LogP contribution in [0.15, 0.2) is 48.5 Å². The standard InChI is InChI=1S/C23H30N2O/c1-2-26-21-14-12-20(13-15-21)23(24)22-11-7-6-10-19(22)17-25(23)16-18-8-4-3-5-9-18/h6-7,10-15,18H,2-5,8-9,16-17,24H2,1H3. The molecule has 2 aliphatic rings. The van der Waals surface area contributed by atoms with Crippen molar-refractivity contribution in [1.82, 2.24) is 4.90 Å². The fourth-order valence-electron chi connectivity index (χ4n) is 4.73. The van der Waals surface area contributed by atoms with Gasteiger partial charge in [-0.3, -0.25) is 4.90 Å². The van der Waals surface area contributed by atoms with E-state index >= 15 is 0 Å². The Morgan fingerprint density at radius 1 is 1.04 bits per heavy atom. The molecular weight excluding hydrogens is 320 g/mol. The molecule has 3 heteroatoms. The molecule has 0 aromatic heterocycles. The van der Waals surface area contributed by atoms with Gasteiger partial charge in [0.2, 0.25) is 0 Å². The van der Waals surface area contributed by atoms with Crippen LogP contribution in [0.5, 0.6) is 5.75 Å². The number of hydrogen-bond acceptors (Lipinski definition) is 3. The Morgan fingerprint density at radius 3 is 2.50 bits per heavy atom. The van der Waals surface area contributed by atoms with Crippen LogP contribution in [0.2, 0.25) is 0 Å². The van der Waals surface area contributed by atoms with Gasteiger partial charge in [-0.1, -0.05) is 55.7 Å². The van der Waals surface area contributed by atoms with Crippen LogP contribution in [0.4, 0.5) is 0 Å². The number of rotatable bonds is 5. The van der Waals surface area contributed by atoms with Crippen LogP contribution < -0.4 is 10.5 Å². The Kier molecular flexibility index (Phi) is 5.01. The third-order valence-corrected chi connectivity index (χ3v) is 6.10. The first kappa shape index (κ1) is 17.6. The van der Waals surface area contributed by atoms with Crippen molar-refractivity contribution in [3.8, 4) is 5.75 Å². The minimum Gasteiger partial charge on any atom is -0.494 e. The van der Waals surface area contributed by atoms with E-state index in [2.05, 4.69) is 41.3 Å². The lowest BCUT2D eigenvalue weighted by atomic mass is 9.87. The van der Waals surface area contributed by atoms with Crippen LogP contribution in [-0.4, -0.2) is 18.1 Å². The first-order chi connectivity index (χ1) is 12.7. The van der Waals surface area contributed by atoms with E-state index in [9.17, 15) is 0 Å². The third-order valence-electron chi connectivity index (χ3n) is 6.10. The summed E-state index contributed by atoms with van der Waals surface area (Å²) in [5, 5.41) is 0. The molecule has 0 bridgehead atoms. The molecule has 1 heterocycles. The fourth-order valence-corrected chi connectivity index (χ4v) is 4.73. The average molecular weight is 351 g/mol. The maximum Gasteiger partial charge on any atom is 0.122 e. The van der Waals surface area contributed by atoms with E-state index < -0.39 is 5.66 Å². The van der Waals surface area contributed by atoms with Crippen molar-refractivity contribution in [1.29, 1.82) is 0 Å². The molecule has 0 spiro atoms. The monoisotopic (exact) mass is 350 g/mol. The van der Waals surface area contributed by atoms with Crippen molar-refractivity contribution >= 4 is 0 Å². The molecule has 1 aliphatic heterocycles. The Balaban J connectivity index is 1.67. The van der Waals surface area contributed by atoms with Gasteiger partial charge in [0.1, 0.15) is 11.4 Å². The number of ether oxygens (including phenoxy) is 1. The van der Waals surface area contributed by atoms with Crippen LogP contribution in [0, 0.1) is 5.92 Å². The van der Waals surface area contributed by atoms with E-state index in [0.717, 1.165) is 30.3 Å². The second kappa shape index (κ2) is 7.42. The molecule has 1 saturated carbocycles. The van der Waals surface area contributed by atoms with E-state index in [1.165, 1.54) is 43.2 Å². The fraction of sp³-hybridized carbons (Fsp3) is 0.478. The number of nitrogens with two attached hydrogens (primary N) is 1. The second-order valence-electron chi connectivity index (χ2n) is 7.77. The van der Waals surface area contributed by atoms with Gasteiger partial charge in [-0.05, 0) is 54.5 Å². The van der Waals surface area contributed by atoms with Crippen LogP contribution in [0.25, 0.3) is 0 Å².